The van der Waals surface area contributed by atoms with Crippen molar-refractivity contribution in [1.29, 1.82) is 0 Å². The maximum Gasteiger partial charge on any atom is 0.168 e. The van der Waals surface area contributed by atoms with Crippen LogP contribution in [0.25, 0.3) is 0 Å². The summed E-state index contributed by atoms with van der Waals surface area (Å²) in [6.45, 7) is 4.95. The summed E-state index contributed by atoms with van der Waals surface area (Å²) in [4.78, 5) is 20.0. The van der Waals surface area contributed by atoms with Gasteiger partial charge in [0.05, 0.1) is 0 Å². The van der Waals surface area contributed by atoms with Gasteiger partial charge in [0.15, 0.2) is 5.78 Å². The molecule has 0 aromatic heterocycles. The van der Waals surface area contributed by atoms with Crippen LogP contribution in [0.15, 0.2) is 91.0 Å². The van der Waals surface area contributed by atoms with Gasteiger partial charge in [0.2, 0.25) is 0 Å². The Bertz CT molecular complexity index is 695. The van der Waals surface area contributed by atoms with Crippen molar-refractivity contribution in [3.05, 3.63) is 91.0 Å². The zero-order valence-corrected chi connectivity index (χ0v) is 17.1. The molecule has 0 saturated carbocycles. The number of ketones is 1. The number of carbonyl (C=O) groups is 1. The Labute approximate surface area is 168 Å². The first-order chi connectivity index (χ1) is 12.2. The van der Waals surface area contributed by atoms with Crippen LogP contribution in [0.5, 0.6) is 0 Å². The van der Waals surface area contributed by atoms with Gasteiger partial charge in [-0.2, -0.15) is 0 Å². The predicted molar refractivity (Wildman–Crippen MR) is 107 cm³/mol. The monoisotopic (exact) mass is 451 g/mol. The first-order valence-corrected chi connectivity index (χ1v) is 9.99. The van der Waals surface area contributed by atoms with Crippen molar-refractivity contribution in [1.82, 2.24) is 0 Å². The van der Waals surface area contributed by atoms with E-state index in [0.717, 1.165) is 0 Å². The maximum atomic E-state index is 12.2. The molecule has 4 heteroatoms. The van der Waals surface area contributed by atoms with E-state index in [4.69, 9.17) is 4.79 Å². The molecule has 0 atom stereocenters. The minimum atomic E-state index is -1.96. The van der Waals surface area contributed by atoms with E-state index in [2.05, 4.69) is 79.6 Å². The average Bonchev–Trinajstić information content (AvgIpc) is 2.69. The molecule has 0 spiro atoms. The van der Waals surface area contributed by atoms with Crippen molar-refractivity contribution < 1.29 is 29.1 Å². The van der Waals surface area contributed by atoms with Crippen molar-refractivity contribution >= 4 is 35.7 Å². The number of hydrogen-bond donors (Lipinski definition) is 0. The van der Waals surface area contributed by atoms with Crippen LogP contribution in [0.3, 0.4) is 0 Å². The molecule has 0 bridgehead atoms. The Kier molecular flexibility index (Phi) is 9.27. The summed E-state index contributed by atoms with van der Waals surface area (Å²) in [6.07, 6.45) is 0.561. The molecule has 26 heavy (non-hydrogen) atoms. The third-order valence-corrected chi connectivity index (χ3v) is 8.51. The zero-order valence-electron chi connectivity index (χ0n) is 14.5. The standard InChI is InChI=1S/C21H20OP.CHO.Rh/c1-18(22)17-23(19-11-5-2-6-12-19,20-13-7-3-8-14-20)21-15-9-4-10-16-21;1-2;/h2-16H,17H2,1H3;1H;/q+1;-1;. The quantitative estimate of drug-likeness (QED) is 0.258. The van der Waals surface area contributed by atoms with Gasteiger partial charge in [-0.15, -0.1) is 0 Å². The van der Waals surface area contributed by atoms with Gasteiger partial charge in [-0.1, -0.05) is 54.6 Å². The fraction of sp³-hybridized carbons (Fsp3) is 0.0909. The maximum absolute atomic E-state index is 12.2. The Morgan fingerprint density at radius 1 is 0.692 bits per heavy atom. The molecule has 0 fully saturated rings. The molecule has 0 aliphatic rings. The second-order valence-electron chi connectivity index (χ2n) is 5.68. The summed E-state index contributed by atoms with van der Waals surface area (Å²) in [7, 11) is -1.96. The predicted octanol–water partition coefficient (Wildman–Crippen LogP) is 3.29. The fourth-order valence-electron chi connectivity index (χ4n) is 3.10. The fourth-order valence-corrected chi connectivity index (χ4v) is 7.26. The molecule has 3 aromatic carbocycles. The van der Waals surface area contributed by atoms with Crippen LogP contribution in [-0.2, 0) is 29.1 Å². The van der Waals surface area contributed by atoms with E-state index in [1.807, 2.05) is 18.2 Å². The first kappa shape index (κ1) is 22.1. The Hall–Kier alpha value is -1.95. The van der Waals surface area contributed by atoms with Gasteiger partial charge in [-0.3, -0.25) is 11.6 Å². The molecule has 0 aliphatic carbocycles. The molecule has 0 unspecified atom stereocenters. The van der Waals surface area contributed by atoms with Crippen molar-refractivity contribution in [2.45, 2.75) is 6.92 Å². The van der Waals surface area contributed by atoms with Gasteiger partial charge in [0.25, 0.3) is 0 Å². The average molecular weight is 451 g/mol. The summed E-state index contributed by atoms with van der Waals surface area (Å²) in [5.41, 5.74) is 0. The van der Waals surface area contributed by atoms with E-state index < -0.39 is 7.26 Å². The third kappa shape index (κ3) is 4.82. The number of Topliss-reactive ketones (excluding diaryl/α,β-unsaturated/α-hetero) is 1. The summed E-state index contributed by atoms with van der Waals surface area (Å²) >= 11 is 0. The van der Waals surface area contributed by atoms with Crippen molar-refractivity contribution in [3.8, 4) is 0 Å². The second kappa shape index (κ2) is 10.9. The summed E-state index contributed by atoms with van der Waals surface area (Å²) < 4.78 is 0. The number of rotatable bonds is 5. The van der Waals surface area contributed by atoms with Crippen LogP contribution in [0.4, 0.5) is 0 Å². The molecule has 0 amide bonds. The van der Waals surface area contributed by atoms with Crippen LogP contribution in [0.1, 0.15) is 6.92 Å². The van der Waals surface area contributed by atoms with E-state index in [1.54, 1.807) is 6.92 Å². The van der Waals surface area contributed by atoms with Gasteiger partial charge in [0, 0.05) is 19.5 Å². The molecule has 0 aliphatic heterocycles. The Balaban J connectivity index is 0.00000109. The minimum absolute atomic E-state index is 0. The molecule has 3 aromatic rings. The van der Waals surface area contributed by atoms with Crippen LogP contribution in [0.2, 0.25) is 0 Å². The van der Waals surface area contributed by atoms with Crippen LogP contribution < -0.4 is 15.9 Å². The van der Waals surface area contributed by atoms with Gasteiger partial charge in [-0.05, 0) is 43.3 Å². The summed E-state index contributed by atoms with van der Waals surface area (Å²) in [5, 5.41) is 3.77. The van der Waals surface area contributed by atoms with Crippen LogP contribution in [-0.4, -0.2) is 18.7 Å². The molecular formula is C22H21O2PRh. The normalized spacial score (nSPS) is 10.0. The number of carbonyl (C=O) groups excluding carboxylic acids is 2. The molecule has 135 valence electrons. The van der Waals surface area contributed by atoms with Gasteiger partial charge < -0.3 is 4.79 Å². The first-order valence-electron chi connectivity index (χ1n) is 8.01. The largest absolute Gasteiger partial charge is 0.545 e. The van der Waals surface area contributed by atoms with Crippen molar-refractivity contribution in [3.63, 3.8) is 0 Å². The molecule has 0 heterocycles. The van der Waals surface area contributed by atoms with Gasteiger partial charge in [0.1, 0.15) is 29.3 Å². The summed E-state index contributed by atoms with van der Waals surface area (Å²) in [6, 6.07) is 31.5. The van der Waals surface area contributed by atoms with Gasteiger partial charge in [-0.25, -0.2) is 0 Å². The Morgan fingerprint density at radius 3 is 1.19 bits per heavy atom. The van der Waals surface area contributed by atoms with E-state index in [9.17, 15) is 4.79 Å². The topological polar surface area (TPSA) is 34.1 Å². The van der Waals surface area contributed by atoms with Gasteiger partial charge >= 0.3 is 0 Å². The molecule has 0 saturated heterocycles. The molecule has 0 N–H and O–H groups in total. The van der Waals surface area contributed by atoms with Crippen LogP contribution >= 0.6 is 7.26 Å². The minimum Gasteiger partial charge on any atom is -0.545 e. The Morgan fingerprint density at radius 2 is 0.962 bits per heavy atom. The second-order valence-corrected chi connectivity index (χ2v) is 9.16. The van der Waals surface area contributed by atoms with E-state index in [0.29, 0.717) is 6.16 Å². The summed E-state index contributed by atoms with van der Waals surface area (Å²) in [5.74, 6) is 0.231. The molecular weight excluding hydrogens is 430 g/mol. The number of hydrogen-bond acceptors (Lipinski definition) is 2. The smallest absolute Gasteiger partial charge is 0.168 e. The van der Waals surface area contributed by atoms with Crippen molar-refractivity contribution in [2.24, 2.45) is 0 Å². The van der Waals surface area contributed by atoms with E-state index in [1.165, 1.54) is 15.9 Å². The molecule has 3 rings (SSSR count). The van der Waals surface area contributed by atoms with Crippen molar-refractivity contribution in [2.75, 3.05) is 6.16 Å². The molecule has 1 radical (unpaired) electrons. The zero-order chi connectivity index (χ0) is 18.1. The van der Waals surface area contributed by atoms with Crippen LogP contribution in [0, 0.1) is 0 Å². The van der Waals surface area contributed by atoms with E-state index >= 15 is 0 Å². The molecule has 2 nitrogen and oxygen atoms in total. The SMILES string of the molecule is CC(=O)C[P+](c1ccccc1)(c1ccccc1)c1ccccc1.[CH-]=O.[Rh]. The number of benzene rings is 3. The third-order valence-electron chi connectivity index (χ3n) is 4.05. The van der Waals surface area contributed by atoms with E-state index in [-0.39, 0.29) is 25.3 Å².